The summed E-state index contributed by atoms with van der Waals surface area (Å²) in [5.74, 6) is 0.934. The zero-order valence-electron chi connectivity index (χ0n) is 11.4. The van der Waals surface area contributed by atoms with Gasteiger partial charge in [-0.15, -0.1) is 0 Å². The van der Waals surface area contributed by atoms with Gasteiger partial charge in [-0.25, -0.2) is 0 Å². The molecule has 0 atom stereocenters. The van der Waals surface area contributed by atoms with E-state index in [-0.39, 0.29) is 0 Å². The van der Waals surface area contributed by atoms with E-state index in [4.69, 9.17) is 5.73 Å². The summed E-state index contributed by atoms with van der Waals surface area (Å²) in [5, 5.41) is 0. The maximum atomic E-state index is 6.13. The normalized spacial score (nSPS) is 28.9. The second-order valence-corrected chi connectivity index (χ2v) is 6.12. The number of nitrogens with zero attached hydrogens (tertiary/aromatic N) is 1. The van der Waals surface area contributed by atoms with E-state index in [0.717, 1.165) is 24.2 Å². The van der Waals surface area contributed by atoms with Gasteiger partial charge < -0.3 is 5.73 Å². The molecule has 3 rings (SSSR count). The third-order valence-electron chi connectivity index (χ3n) is 4.84. The van der Waals surface area contributed by atoms with Crippen LogP contribution in [0, 0.1) is 5.92 Å². The van der Waals surface area contributed by atoms with E-state index < -0.39 is 0 Å². The van der Waals surface area contributed by atoms with Gasteiger partial charge in [0.05, 0.1) is 0 Å². The summed E-state index contributed by atoms with van der Waals surface area (Å²) < 4.78 is 0. The van der Waals surface area contributed by atoms with Gasteiger partial charge in [-0.2, -0.15) is 0 Å². The van der Waals surface area contributed by atoms with Gasteiger partial charge >= 0.3 is 0 Å². The van der Waals surface area contributed by atoms with Crippen LogP contribution in [-0.2, 0) is 13.0 Å². The van der Waals surface area contributed by atoms with Crippen molar-refractivity contribution in [1.29, 1.82) is 0 Å². The molecule has 1 fully saturated rings. The molecule has 0 saturated heterocycles. The molecule has 2 nitrogen and oxygen atoms in total. The van der Waals surface area contributed by atoms with Gasteiger partial charge in [0, 0.05) is 24.8 Å². The van der Waals surface area contributed by atoms with E-state index >= 15 is 0 Å². The van der Waals surface area contributed by atoms with E-state index in [2.05, 4.69) is 24.0 Å². The van der Waals surface area contributed by atoms with Crippen molar-refractivity contribution in [2.45, 2.75) is 51.6 Å². The van der Waals surface area contributed by atoms with Crippen LogP contribution in [0.3, 0.4) is 0 Å². The third-order valence-corrected chi connectivity index (χ3v) is 4.84. The Balaban J connectivity index is 1.73. The van der Waals surface area contributed by atoms with Crippen molar-refractivity contribution < 1.29 is 0 Å². The molecule has 0 radical (unpaired) electrons. The van der Waals surface area contributed by atoms with Crippen LogP contribution in [0.25, 0.3) is 0 Å². The lowest BCUT2D eigenvalue weighted by molar-refractivity contribution is 0.127. The van der Waals surface area contributed by atoms with Crippen LogP contribution in [0.15, 0.2) is 18.2 Å². The molecule has 2 aliphatic rings. The van der Waals surface area contributed by atoms with Crippen molar-refractivity contribution in [3.63, 3.8) is 0 Å². The van der Waals surface area contributed by atoms with Crippen LogP contribution in [0.2, 0.25) is 0 Å². The Labute approximate surface area is 110 Å². The predicted molar refractivity (Wildman–Crippen MR) is 76.4 cm³/mol. The van der Waals surface area contributed by atoms with Gasteiger partial charge in [-0.3, -0.25) is 4.90 Å². The van der Waals surface area contributed by atoms with Crippen molar-refractivity contribution in [2.24, 2.45) is 5.92 Å². The number of rotatable bonds is 1. The van der Waals surface area contributed by atoms with Gasteiger partial charge in [0.25, 0.3) is 0 Å². The number of benzene rings is 1. The Morgan fingerprint density at radius 3 is 2.72 bits per heavy atom. The minimum absolute atomic E-state index is 0.800. The zero-order chi connectivity index (χ0) is 12.5. The molecule has 0 spiro atoms. The fourth-order valence-electron chi connectivity index (χ4n) is 3.55. The van der Waals surface area contributed by atoms with E-state index in [1.165, 1.54) is 49.8 Å². The summed E-state index contributed by atoms with van der Waals surface area (Å²) in [5.41, 5.74) is 9.97. The van der Waals surface area contributed by atoms with E-state index in [9.17, 15) is 0 Å². The SMILES string of the molecule is CC1CCC(N2CCc3cccc(N)c3C2)CC1. The molecular formula is C16H24N2. The lowest BCUT2D eigenvalue weighted by Crippen LogP contribution is -2.41. The third kappa shape index (κ3) is 2.26. The maximum Gasteiger partial charge on any atom is 0.0362 e. The number of nitrogens with two attached hydrogens (primary N) is 1. The minimum Gasteiger partial charge on any atom is -0.398 e. The lowest BCUT2D eigenvalue weighted by atomic mass is 9.85. The largest absolute Gasteiger partial charge is 0.398 e. The predicted octanol–water partition coefficient (Wildman–Crippen LogP) is 3.21. The van der Waals surface area contributed by atoms with Gasteiger partial charge in [-0.1, -0.05) is 19.1 Å². The van der Waals surface area contributed by atoms with Crippen molar-refractivity contribution in [3.05, 3.63) is 29.3 Å². The zero-order valence-corrected chi connectivity index (χ0v) is 11.4. The van der Waals surface area contributed by atoms with Crippen LogP contribution in [0.1, 0.15) is 43.7 Å². The second kappa shape index (κ2) is 4.93. The molecule has 0 amide bonds. The van der Waals surface area contributed by atoms with Gasteiger partial charge in [0.15, 0.2) is 0 Å². The van der Waals surface area contributed by atoms with Crippen molar-refractivity contribution in [1.82, 2.24) is 4.90 Å². The Bertz CT molecular complexity index is 419. The first-order valence-electron chi connectivity index (χ1n) is 7.34. The average Bonchev–Trinajstić information content (AvgIpc) is 2.40. The Morgan fingerprint density at radius 2 is 1.94 bits per heavy atom. The van der Waals surface area contributed by atoms with Gasteiger partial charge in [-0.05, 0) is 55.2 Å². The number of hydrogen-bond donors (Lipinski definition) is 1. The molecule has 0 unspecified atom stereocenters. The smallest absolute Gasteiger partial charge is 0.0362 e. The first-order valence-corrected chi connectivity index (χ1v) is 7.34. The highest BCUT2D eigenvalue weighted by molar-refractivity contribution is 5.51. The Kier molecular flexibility index (Phi) is 3.29. The molecule has 0 aromatic heterocycles. The van der Waals surface area contributed by atoms with Crippen LogP contribution >= 0.6 is 0 Å². The lowest BCUT2D eigenvalue weighted by Gasteiger charge is -2.39. The number of nitrogen functional groups attached to an aromatic ring is 1. The summed E-state index contributed by atoms with van der Waals surface area (Å²) in [6, 6.07) is 7.18. The highest BCUT2D eigenvalue weighted by Gasteiger charge is 2.27. The first kappa shape index (κ1) is 12.0. The van der Waals surface area contributed by atoms with Crippen LogP contribution in [0.4, 0.5) is 5.69 Å². The van der Waals surface area contributed by atoms with Gasteiger partial charge in [0.1, 0.15) is 0 Å². The van der Waals surface area contributed by atoms with E-state index in [1.807, 2.05) is 6.07 Å². The summed E-state index contributed by atoms with van der Waals surface area (Å²) in [6.07, 6.45) is 6.73. The average molecular weight is 244 g/mol. The summed E-state index contributed by atoms with van der Waals surface area (Å²) >= 11 is 0. The quantitative estimate of drug-likeness (QED) is 0.769. The molecule has 18 heavy (non-hydrogen) atoms. The maximum absolute atomic E-state index is 6.13. The Morgan fingerprint density at radius 1 is 1.17 bits per heavy atom. The number of anilines is 1. The van der Waals surface area contributed by atoms with Crippen molar-refractivity contribution in [2.75, 3.05) is 12.3 Å². The summed E-state index contributed by atoms with van der Waals surface area (Å²) in [4.78, 5) is 2.67. The molecule has 2 heteroatoms. The molecule has 1 aromatic rings. The van der Waals surface area contributed by atoms with E-state index in [1.54, 1.807) is 0 Å². The standard InChI is InChI=1S/C16H24N2/c1-12-5-7-14(8-6-12)18-10-9-13-3-2-4-16(17)15(13)11-18/h2-4,12,14H,5-11,17H2,1H3. The monoisotopic (exact) mass is 244 g/mol. The molecule has 2 N–H and O–H groups in total. The number of hydrogen-bond acceptors (Lipinski definition) is 2. The minimum atomic E-state index is 0.800. The molecular weight excluding hydrogens is 220 g/mol. The number of fused-ring (bicyclic) bond motifs is 1. The van der Waals surface area contributed by atoms with Crippen molar-refractivity contribution in [3.8, 4) is 0 Å². The molecule has 0 bridgehead atoms. The fourth-order valence-corrected chi connectivity index (χ4v) is 3.55. The molecule has 1 saturated carbocycles. The second-order valence-electron chi connectivity index (χ2n) is 6.12. The molecule has 98 valence electrons. The first-order chi connectivity index (χ1) is 8.74. The molecule has 1 aliphatic carbocycles. The topological polar surface area (TPSA) is 29.3 Å². The summed E-state index contributed by atoms with van der Waals surface area (Å²) in [7, 11) is 0. The highest BCUT2D eigenvalue weighted by atomic mass is 15.2. The highest BCUT2D eigenvalue weighted by Crippen LogP contribution is 2.31. The van der Waals surface area contributed by atoms with Crippen LogP contribution in [-0.4, -0.2) is 17.5 Å². The Hall–Kier alpha value is -1.02. The molecule has 1 heterocycles. The van der Waals surface area contributed by atoms with Gasteiger partial charge in [0.2, 0.25) is 0 Å². The molecule has 1 aliphatic heterocycles. The van der Waals surface area contributed by atoms with Crippen LogP contribution < -0.4 is 5.73 Å². The van der Waals surface area contributed by atoms with Crippen LogP contribution in [0.5, 0.6) is 0 Å². The van der Waals surface area contributed by atoms with Crippen molar-refractivity contribution >= 4 is 5.69 Å². The van der Waals surface area contributed by atoms with E-state index in [0.29, 0.717) is 0 Å². The fraction of sp³-hybridized carbons (Fsp3) is 0.625. The molecule has 1 aromatic carbocycles. The summed E-state index contributed by atoms with van der Waals surface area (Å²) in [6.45, 7) is 4.68.